The van der Waals surface area contributed by atoms with Gasteiger partial charge in [-0.05, 0) is 12.8 Å². The van der Waals surface area contributed by atoms with Crippen LogP contribution >= 0.6 is 0 Å². The number of nitriles is 1. The van der Waals surface area contributed by atoms with Gasteiger partial charge in [0, 0.05) is 13.1 Å². The maximum absolute atomic E-state index is 11.9. The molecule has 2 heterocycles. The van der Waals surface area contributed by atoms with Crippen LogP contribution in [0.15, 0.2) is 6.20 Å². The van der Waals surface area contributed by atoms with Gasteiger partial charge >= 0.3 is 6.03 Å². The van der Waals surface area contributed by atoms with Gasteiger partial charge in [0.1, 0.15) is 5.69 Å². The first kappa shape index (κ1) is 12.9. The molecule has 3 rings (SSSR count). The number of nitrogens with zero attached hydrogens (tertiary/aromatic N) is 5. The molecule has 0 spiro atoms. The van der Waals surface area contributed by atoms with Gasteiger partial charge in [0.2, 0.25) is 0 Å². The van der Waals surface area contributed by atoms with Gasteiger partial charge in [-0.1, -0.05) is 5.21 Å². The maximum atomic E-state index is 11.9. The Kier molecular flexibility index (Phi) is 3.28. The van der Waals surface area contributed by atoms with Crippen LogP contribution in [0.2, 0.25) is 0 Å². The highest BCUT2D eigenvalue weighted by Gasteiger charge is 2.46. The Morgan fingerprint density at radius 2 is 2.25 bits per heavy atom. The number of hydrogen-bond donors (Lipinski definition) is 1. The molecule has 1 N–H and O–H groups in total. The second-order valence-electron chi connectivity index (χ2n) is 5.06. The number of nitrogens with one attached hydrogen (secondary N) is 1. The summed E-state index contributed by atoms with van der Waals surface area (Å²) in [6, 6.07) is 2.13. The van der Waals surface area contributed by atoms with Crippen LogP contribution in [0.5, 0.6) is 0 Å². The van der Waals surface area contributed by atoms with Crippen molar-refractivity contribution in [1.29, 1.82) is 5.26 Å². The van der Waals surface area contributed by atoms with Gasteiger partial charge in [0.05, 0.1) is 32.0 Å². The fourth-order valence-electron chi connectivity index (χ4n) is 2.14. The molecule has 1 saturated heterocycles. The van der Waals surface area contributed by atoms with Crippen LogP contribution in [0, 0.1) is 11.3 Å². The monoisotopic (exact) mass is 276 g/mol. The van der Waals surface area contributed by atoms with E-state index in [1.54, 1.807) is 15.8 Å². The minimum atomic E-state index is -0.501. The summed E-state index contributed by atoms with van der Waals surface area (Å²) in [6.45, 7) is 2.69. The van der Waals surface area contributed by atoms with Crippen LogP contribution in [0.1, 0.15) is 18.5 Å². The minimum Gasteiger partial charge on any atom is -0.378 e. The number of carbonyl (C=O) groups is 1. The van der Waals surface area contributed by atoms with Crippen LogP contribution in [0.4, 0.5) is 4.79 Å². The largest absolute Gasteiger partial charge is 0.378 e. The summed E-state index contributed by atoms with van der Waals surface area (Å²) in [5.41, 5.74) is 0.160. The molecule has 0 bridgehead atoms. The standard InChI is InChI=1S/C12H16N6O2/c13-9-12(1-2-12)18-8-10(15-16-18)7-14-11(19)17-3-5-20-6-4-17/h8H,1-7H2,(H,14,19). The molecule has 20 heavy (non-hydrogen) atoms. The summed E-state index contributed by atoms with van der Waals surface area (Å²) in [5.74, 6) is 0. The second kappa shape index (κ2) is 5.09. The molecule has 0 unspecified atom stereocenters. The van der Waals surface area contributed by atoms with E-state index < -0.39 is 5.54 Å². The number of aromatic nitrogens is 3. The molecular weight excluding hydrogens is 260 g/mol. The van der Waals surface area contributed by atoms with Gasteiger partial charge in [0.25, 0.3) is 0 Å². The zero-order valence-corrected chi connectivity index (χ0v) is 11.1. The molecule has 0 radical (unpaired) electrons. The molecule has 1 aromatic heterocycles. The van der Waals surface area contributed by atoms with Gasteiger partial charge in [0.15, 0.2) is 5.54 Å². The van der Waals surface area contributed by atoms with Gasteiger partial charge in [-0.3, -0.25) is 0 Å². The Hall–Kier alpha value is -2.14. The first-order valence-corrected chi connectivity index (χ1v) is 6.67. The smallest absolute Gasteiger partial charge is 0.317 e. The number of urea groups is 1. The van der Waals surface area contributed by atoms with Gasteiger partial charge in [-0.25, -0.2) is 9.48 Å². The third kappa shape index (κ3) is 2.44. The molecule has 0 aromatic carbocycles. The van der Waals surface area contributed by atoms with Crippen molar-refractivity contribution < 1.29 is 9.53 Å². The molecule has 0 atom stereocenters. The highest BCUT2D eigenvalue weighted by atomic mass is 16.5. The molecule has 2 amide bonds. The summed E-state index contributed by atoms with van der Waals surface area (Å²) in [5, 5.41) is 19.8. The summed E-state index contributed by atoms with van der Waals surface area (Å²) in [6.07, 6.45) is 3.36. The molecule has 2 fully saturated rings. The van der Waals surface area contributed by atoms with Crippen LogP contribution in [-0.2, 0) is 16.8 Å². The summed E-state index contributed by atoms with van der Waals surface area (Å²) in [4.78, 5) is 13.6. The first-order valence-electron chi connectivity index (χ1n) is 6.67. The molecule has 8 heteroatoms. The van der Waals surface area contributed by atoms with Crippen LogP contribution in [-0.4, -0.2) is 52.2 Å². The van der Waals surface area contributed by atoms with E-state index in [1.165, 1.54) is 0 Å². The number of rotatable bonds is 3. The average Bonchev–Trinajstić information content (AvgIpc) is 3.16. The summed E-state index contributed by atoms with van der Waals surface area (Å²) in [7, 11) is 0. The number of ether oxygens (including phenoxy) is 1. The maximum Gasteiger partial charge on any atom is 0.317 e. The Morgan fingerprint density at radius 3 is 2.90 bits per heavy atom. The van der Waals surface area contributed by atoms with Crippen LogP contribution in [0.25, 0.3) is 0 Å². The number of morpholine rings is 1. The third-order valence-corrected chi connectivity index (χ3v) is 3.63. The SMILES string of the molecule is N#CC1(n2cc(CNC(=O)N3CCOCC3)nn2)CC1. The van der Waals surface area contributed by atoms with E-state index in [9.17, 15) is 4.79 Å². The molecule has 1 aliphatic carbocycles. The van der Waals surface area contributed by atoms with E-state index in [-0.39, 0.29) is 6.03 Å². The zero-order chi connectivity index (χ0) is 14.0. The van der Waals surface area contributed by atoms with E-state index in [4.69, 9.17) is 10.00 Å². The van der Waals surface area contributed by atoms with Crippen molar-refractivity contribution in [2.45, 2.75) is 24.9 Å². The van der Waals surface area contributed by atoms with E-state index in [0.29, 0.717) is 38.5 Å². The van der Waals surface area contributed by atoms with Crippen molar-refractivity contribution in [1.82, 2.24) is 25.2 Å². The Labute approximate surface area is 116 Å². The fraction of sp³-hybridized carbons (Fsp3) is 0.667. The van der Waals surface area contributed by atoms with E-state index in [0.717, 1.165) is 12.8 Å². The lowest BCUT2D eigenvalue weighted by atomic mass is 10.3. The molecule has 1 saturated carbocycles. The highest BCUT2D eigenvalue weighted by molar-refractivity contribution is 5.74. The van der Waals surface area contributed by atoms with Crippen molar-refractivity contribution in [3.8, 4) is 6.07 Å². The van der Waals surface area contributed by atoms with Crippen molar-refractivity contribution >= 4 is 6.03 Å². The quantitative estimate of drug-likeness (QED) is 0.827. The van der Waals surface area contributed by atoms with Gasteiger partial charge < -0.3 is 15.0 Å². The predicted octanol–water partition coefficient (Wildman–Crippen LogP) is -0.167. The Bertz CT molecular complexity index is 538. The van der Waals surface area contributed by atoms with Crippen molar-refractivity contribution in [2.24, 2.45) is 0 Å². The summed E-state index contributed by atoms with van der Waals surface area (Å²) >= 11 is 0. The topological polar surface area (TPSA) is 96.1 Å². The lowest BCUT2D eigenvalue weighted by Gasteiger charge is -2.26. The van der Waals surface area contributed by atoms with Crippen molar-refractivity contribution in [2.75, 3.05) is 26.3 Å². The number of carbonyl (C=O) groups excluding carboxylic acids is 1. The zero-order valence-electron chi connectivity index (χ0n) is 11.1. The van der Waals surface area contributed by atoms with E-state index in [2.05, 4.69) is 21.7 Å². The molecule has 2 aliphatic rings. The predicted molar refractivity (Wildman–Crippen MR) is 67.5 cm³/mol. The molecule has 1 aliphatic heterocycles. The third-order valence-electron chi connectivity index (χ3n) is 3.63. The Morgan fingerprint density at radius 1 is 1.50 bits per heavy atom. The molecular formula is C12H16N6O2. The molecule has 106 valence electrons. The Balaban J connectivity index is 1.54. The van der Waals surface area contributed by atoms with E-state index >= 15 is 0 Å². The van der Waals surface area contributed by atoms with Gasteiger partial charge in [-0.15, -0.1) is 5.10 Å². The average molecular weight is 276 g/mol. The number of hydrogen-bond acceptors (Lipinski definition) is 5. The lowest BCUT2D eigenvalue weighted by Crippen LogP contribution is -2.45. The van der Waals surface area contributed by atoms with Gasteiger partial charge in [-0.2, -0.15) is 5.26 Å². The minimum absolute atomic E-state index is 0.121. The van der Waals surface area contributed by atoms with Crippen LogP contribution < -0.4 is 5.32 Å². The summed E-state index contributed by atoms with van der Waals surface area (Å²) < 4.78 is 6.80. The van der Waals surface area contributed by atoms with E-state index in [1.807, 2.05) is 0 Å². The van der Waals surface area contributed by atoms with Crippen LogP contribution in [0.3, 0.4) is 0 Å². The normalized spacial score (nSPS) is 20.2. The number of amides is 2. The first-order chi connectivity index (χ1) is 9.73. The second-order valence-corrected chi connectivity index (χ2v) is 5.06. The highest BCUT2D eigenvalue weighted by Crippen LogP contribution is 2.41. The lowest BCUT2D eigenvalue weighted by molar-refractivity contribution is 0.0531. The molecule has 1 aromatic rings. The van der Waals surface area contributed by atoms with Crippen molar-refractivity contribution in [3.05, 3.63) is 11.9 Å². The molecule has 8 nitrogen and oxygen atoms in total. The fourth-order valence-corrected chi connectivity index (χ4v) is 2.14. The van der Waals surface area contributed by atoms with Crippen molar-refractivity contribution in [3.63, 3.8) is 0 Å².